The lowest BCUT2D eigenvalue weighted by Crippen LogP contribution is -2.62. The summed E-state index contributed by atoms with van der Waals surface area (Å²) in [5.74, 6) is 0.838. The van der Waals surface area contributed by atoms with E-state index in [0.717, 1.165) is 13.1 Å². The predicted molar refractivity (Wildman–Crippen MR) is 83.4 cm³/mol. The van der Waals surface area contributed by atoms with Crippen molar-refractivity contribution in [1.29, 1.82) is 0 Å². The zero-order valence-electron chi connectivity index (χ0n) is 12.7. The number of aromatic nitrogens is 2. The molecular weight excluding hydrogens is 304 g/mol. The molecule has 0 atom stereocenters. The fourth-order valence-corrected chi connectivity index (χ4v) is 3.91. The normalized spacial score (nSPS) is 20.1. The van der Waals surface area contributed by atoms with E-state index in [1.165, 1.54) is 32.1 Å². The highest BCUT2D eigenvalue weighted by atomic mass is 32.2. The second-order valence-electron chi connectivity index (χ2n) is 5.67. The molecule has 2 aliphatic rings. The van der Waals surface area contributed by atoms with E-state index in [4.69, 9.17) is 9.26 Å². The van der Waals surface area contributed by atoms with Gasteiger partial charge in [-0.15, -0.1) is 16.8 Å². The van der Waals surface area contributed by atoms with Gasteiger partial charge in [0.25, 0.3) is 6.20 Å². The lowest BCUT2D eigenvalue weighted by Gasteiger charge is -2.20. The zero-order valence-corrected chi connectivity index (χ0v) is 13.5. The first-order valence-electron chi connectivity index (χ1n) is 7.94. The number of anilines is 1. The smallest absolute Gasteiger partial charge is 0.305 e. The highest BCUT2D eigenvalue weighted by Gasteiger charge is 2.24. The van der Waals surface area contributed by atoms with Crippen molar-refractivity contribution in [3.8, 4) is 0 Å². The number of hydrogen-bond acceptors (Lipinski definition) is 6. The summed E-state index contributed by atoms with van der Waals surface area (Å²) in [4.78, 5) is 13.6. The Balaban J connectivity index is 1.43. The molecule has 1 aromatic rings. The summed E-state index contributed by atoms with van der Waals surface area (Å²) in [6.07, 6.45) is 8.09. The number of carbonyl (C=O) groups is 1. The molecule has 22 heavy (non-hydrogen) atoms. The van der Waals surface area contributed by atoms with Crippen molar-refractivity contribution in [2.45, 2.75) is 37.4 Å². The largest absolute Gasteiger partial charge is 0.377 e. The van der Waals surface area contributed by atoms with Crippen LogP contribution in [0.15, 0.2) is 10.7 Å². The van der Waals surface area contributed by atoms with Crippen LogP contribution in [0.2, 0.25) is 0 Å². The van der Waals surface area contributed by atoms with Gasteiger partial charge in [-0.2, -0.15) is 0 Å². The average Bonchev–Trinajstić information content (AvgIpc) is 3.03. The van der Waals surface area contributed by atoms with Gasteiger partial charge in [0.2, 0.25) is 11.2 Å². The first kappa shape index (κ1) is 15.6. The van der Waals surface area contributed by atoms with Crippen LogP contribution in [0.1, 0.15) is 32.1 Å². The van der Waals surface area contributed by atoms with Crippen molar-refractivity contribution in [1.82, 2.24) is 5.27 Å². The number of nitrogens with one attached hydrogen (secondary N) is 1. The number of carbonyl (C=O) groups excluding carboxylic acids is 1. The van der Waals surface area contributed by atoms with E-state index in [0.29, 0.717) is 30.1 Å². The molecule has 1 aromatic heterocycles. The van der Waals surface area contributed by atoms with Crippen LogP contribution in [0.5, 0.6) is 0 Å². The third-order valence-corrected chi connectivity index (χ3v) is 5.37. The number of morpholine rings is 1. The third-order valence-electron chi connectivity index (χ3n) is 4.00. The van der Waals surface area contributed by atoms with Crippen molar-refractivity contribution in [3.63, 3.8) is 0 Å². The topological polar surface area (TPSA) is 71.5 Å². The predicted octanol–water partition coefficient (Wildman–Crippen LogP) is 0.935. The Morgan fingerprint density at radius 3 is 2.91 bits per heavy atom. The van der Waals surface area contributed by atoms with E-state index in [1.807, 2.05) is 5.01 Å². The van der Waals surface area contributed by atoms with E-state index in [1.54, 1.807) is 22.7 Å². The Kier molecular flexibility index (Phi) is 5.55. The number of rotatable bonds is 5. The molecule has 1 N–H and O–H groups in total. The Morgan fingerprint density at radius 1 is 1.36 bits per heavy atom. The molecule has 2 fully saturated rings. The van der Waals surface area contributed by atoms with E-state index < -0.39 is 0 Å². The minimum absolute atomic E-state index is 0.0270. The van der Waals surface area contributed by atoms with Gasteiger partial charge >= 0.3 is 5.88 Å². The van der Waals surface area contributed by atoms with Gasteiger partial charge in [-0.1, -0.05) is 19.3 Å². The van der Waals surface area contributed by atoms with Crippen LogP contribution in [0, 0.1) is 0 Å². The standard InChI is InChI=1S/C14H22N4O3S/c19-13(11-22-12-4-2-1-3-5-12)15-14-10-18(16-21-14)17-6-8-20-9-7-17/h10,12H,1-9,11H2/p+1. The lowest BCUT2D eigenvalue weighted by atomic mass is 10.0. The number of thioether (sulfide) groups is 1. The lowest BCUT2D eigenvalue weighted by molar-refractivity contribution is -0.759. The number of ether oxygens (including phenoxy) is 1. The maximum Gasteiger partial charge on any atom is 0.305 e. The fourth-order valence-electron chi connectivity index (χ4n) is 2.78. The first-order chi connectivity index (χ1) is 10.8. The molecule has 8 heteroatoms. The molecule has 1 saturated carbocycles. The van der Waals surface area contributed by atoms with Gasteiger partial charge in [-0.25, -0.2) is 0 Å². The second kappa shape index (κ2) is 7.82. The Bertz CT molecular complexity index is 484. The molecule has 0 spiro atoms. The zero-order chi connectivity index (χ0) is 15.2. The summed E-state index contributed by atoms with van der Waals surface area (Å²) in [6.45, 7) is 2.89. The second-order valence-corrected chi connectivity index (χ2v) is 6.96. The van der Waals surface area contributed by atoms with E-state index in [-0.39, 0.29) is 5.91 Å². The fraction of sp³-hybridized carbons (Fsp3) is 0.786. The van der Waals surface area contributed by atoms with E-state index in [2.05, 4.69) is 10.6 Å². The molecule has 0 radical (unpaired) electrons. The molecule has 1 aliphatic heterocycles. The molecule has 1 saturated heterocycles. The van der Waals surface area contributed by atoms with E-state index >= 15 is 0 Å². The molecule has 3 rings (SSSR count). The van der Waals surface area contributed by atoms with Gasteiger partial charge in [0.05, 0.1) is 36.8 Å². The van der Waals surface area contributed by atoms with Crippen LogP contribution in [0.4, 0.5) is 5.88 Å². The molecule has 0 bridgehead atoms. The SMILES string of the molecule is O=C(CSC1CCCCC1)Nc1c[n+](N2CCOCC2)no1. The molecule has 122 valence electrons. The number of nitrogens with zero attached hydrogens (tertiary/aromatic N) is 3. The molecule has 0 unspecified atom stereocenters. The maximum absolute atomic E-state index is 12.0. The van der Waals surface area contributed by atoms with Crippen molar-refractivity contribution < 1.29 is 18.8 Å². The van der Waals surface area contributed by atoms with Crippen LogP contribution in [-0.2, 0) is 9.53 Å². The molecule has 0 aromatic carbocycles. The highest BCUT2D eigenvalue weighted by Crippen LogP contribution is 2.28. The highest BCUT2D eigenvalue weighted by molar-refractivity contribution is 8.00. The van der Waals surface area contributed by atoms with Crippen LogP contribution >= 0.6 is 11.8 Å². The monoisotopic (exact) mass is 327 g/mol. The van der Waals surface area contributed by atoms with Crippen molar-refractivity contribution in [3.05, 3.63) is 6.20 Å². The molecule has 2 heterocycles. The van der Waals surface area contributed by atoms with Crippen molar-refractivity contribution >= 4 is 23.6 Å². The summed E-state index contributed by atoms with van der Waals surface area (Å²) in [5.41, 5.74) is 0. The summed E-state index contributed by atoms with van der Waals surface area (Å²) < 4.78 is 10.5. The van der Waals surface area contributed by atoms with E-state index in [9.17, 15) is 4.79 Å². The van der Waals surface area contributed by atoms with Crippen LogP contribution < -0.4 is 15.1 Å². The van der Waals surface area contributed by atoms with Crippen LogP contribution in [0.3, 0.4) is 0 Å². The first-order valence-corrected chi connectivity index (χ1v) is 8.99. The maximum atomic E-state index is 12.0. The number of hydrogen-bond donors (Lipinski definition) is 1. The summed E-state index contributed by atoms with van der Waals surface area (Å²) >= 11 is 1.75. The van der Waals surface area contributed by atoms with Gasteiger partial charge < -0.3 is 4.74 Å². The Labute approximate surface area is 134 Å². The average molecular weight is 327 g/mol. The Hall–Kier alpha value is -1.28. The third kappa shape index (κ3) is 4.36. The van der Waals surface area contributed by atoms with Gasteiger partial charge in [-0.3, -0.25) is 14.6 Å². The molecule has 7 nitrogen and oxygen atoms in total. The van der Waals surface area contributed by atoms with Crippen molar-refractivity contribution in [2.75, 3.05) is 42.4 Å². The quantitative estimate of drug-likeness (QED) is 0.812. The van der Waals surface area contributed by atoms with Crippen molar-refractivity contribution in [2.24, 2.45) is 0 Å². The van der Waals surface area contributed by atoms with Gasteiger partial charge in [0.1, 0.15) is 0 Å². The Morgan fingerprint density at radius 2 is 2.14 bits per heavy atom. The van der Waals surface area contributed by atoms with Gasteiger partial charge in [0, 0.05) is 5.25 Å². The molecule has 1 amide bonds. The minimum atomic E-state index is -0.0270. The summed E-state index contributed by atoms with van der Waals surface area (Å²) in [7, 11) is 0. The molecule has 1 aliphatic carbocycles. The van der Waals surface area contributed by atoms with Crippen LogP contribution in [-0.4, -0.2) is 48.5 Å². The number of amides is 1. The van der Waals surface area contributed by atoms with Crippen LogP contribution in [0.25, 0.3) is 0 Å². The summed E-state index contributed by atoms with van der Waals surface area (Å²) in [5, 5.41) is 9.35. The minimum Gasteiger partial charge on any atom is -0.377 e. The molecular formula is C14H23N4O3S+. The summed E-state index contributed by atoms with van der Waals surface area (Å²) in [6, 6.07) is 0. The van der Waals surface area contributed by atoms with Gasteiger partial charge in [-0.05, 0) is 12.8 Å². The van der Waals surface area contributed by atoms with Gasteiger partial charge in [0.15, 0.2) is 0 Å².